The third-order valence-electron chi connectivity index (χ3n) is 2.38. The highest BCUT2D eigenvalue weighted by atomic mass is 16.5. The molecule has 1 heterocycles. The standard InChI is InChI=1S/C12H14O/c1-8(2)11-6-4-5-10-7-9(3)13-12(10)11/h4-6,8H,3,7H2,1-2H3. The SMILES string of the molecule is C=C1Cc2cccc(C(C)C)c2O1. The van der Waals surface area contributed by atoms with E-state index in [-0.39, 0.29) is 0 Å². The lowest BCUT2D eigenvalue weighted by Crippen LogP contribution is -1.92. The molecule has 0 saturated heterocycles. The topological polar surface area (TPSA) is 9.23 Å². The summed E-state index contributed by atoms with van der Waals surface area (Å²) in [6, 6.07) is 6.33. The Morgan fingerprint density at radius 3 is 2.85 bits per heavy atom. The highest BCUT2D eigenvalue weighted by molar-refractivity contribution is 5.48. The predicted octanol–water partition coefficient (Wildman–Crippen LogP) is 3.26. The van der Waals surface area contributed by atoms with E-state index >= 15 is 0 Å². The minimum Gasteiger partial charge on any atom is -0.461 e. The molecule has 13 heavy (non-hydrogen) atoms. The molecule has 1 heteroatoms. The van der Waals surface area contributed by atoms with Crippen molar-refractivity contribution in [3.8, 4) is 5.75 Å². The van der Waals surface area contributed by atoms with E-state index in [1.165, 1.54) is 11.1 Å². The summed E-state index contributed by atoms with van der Waals surface area (Å²) >= 11 is 0. The van der Waals surface area contributed by atoms with Gasteiger partial charge in [0.05, 0.1) is 0 Å². The maximum Gasteiger partial charge on any atom is 0.134 e. The Bertz CT molecular complexity index is 350. The van der Waals surface area contributed by atoms with Gasteiger partial charge in [0.25, 0.3) is 0 Å². The Morgan fingerprint density at radius 1 is 1.38 bits per heavy atom. The van der Waals surface area contributed by atoms with Crippen molar-refractivity contribution in [2.75, 3.05) is 0 Å². The van der Waals surface area contributed by atoms with Gasteiger partial charge in [0.1, 0.15) is 11.5 Å². The maximum atomic E-state index is 5.60. The van der Waals surface area contributed by atoms with Gasteiger partial charge in [0.2, 0.25) is 0 Å². The van der Waals surface area contributed by atoms with Crippen LogP contribution >= 0.6 is 0 Å². The van der Waals surface area contributed by atoms with Crippen molar-refractivity contribution in [1.82, 2.24) is 0 Å². The van der Waals surface area contributed by atoms with Crippen molar-refractivity contribution >= 4 is 0 Å². The van der Waals surface area contributed by atoms with Crippen LogP contribution in [-0.4, -0.2) is 0 Å². The molecule has 0 atom stereocenters. The average molecular weight is 174 g/mol. The Morgan fingerprint density at radius 2 is 2.15 bits per heavy atom. The quantitative estimate of drug-likeness (QED) is 0.635. The van der Waals surface area contributed by atoms with E-state index in [4.69, 9.17) is 4.74 Å². The zero-order chi connectivity index (χ0) is 9.42. The second kappa shape index (κ2) is 2.91. The number of benzene rings is 1. The summed E-state index contributed by atoms with van der Waals surface area (Å²) < 4.78 is 5.60. The van der Waals surface area contributed by atoms with E-state index < -0.39 is 0 Å². The van der Waals surface area contributed by atoms with Crippen molar-refractivity contribution in [3.63, 3.8) is 0 Å². The van der Waals surface area contributed by atoms with Gasteiger partial charge in [0, 0.05) is 12.0 Å². The summed E-state index contributed by atoms with van der Waals surface area (Å²) in [6.07, 6.45) is 0.871. The van der Waals surface area contributed by atoms with E-state index in [9.17, 15) is 0 Å². The van der Waals surface area contributed by atoms with Crippen LogP contribution in [0.1, 0.15) is 30.9 Å². The highest BCUT2D eigenvalue weighted by Gasteiger charge is 2.19. The van der Waals surface area contributed by atoms with Crippen LogP contribution in [0.2, 0.25) is 0 Å². The van der Waals surface area contributed by atoms with Gasteiger partial charge >= 0.3 is 0 Å². The summed E-state index contributed by atoms with van der Waals surface area (Å²) in [5.74, 6) is 2.42. The highest BCUT2D eigenvalue weighted by Crippen LogP contribution is 2.36. The fraction of sp³-hybridized carbons (Fsp3) is 0.333. The molecule has 0 fully saturated rings. The molecule has 0 aromatic heterocycles. The number of ether oxygens (including phenoxy) is 1. The molecule has 0 bridgehead atoms. The Balaban J connectivity index is 2.51. The minimum atomic E-state index is 0.515. The van der Waals surface area contributed by atoms with Crippen LogP contribution in [0.15, 0.2) is 30.5 Å². The van der Waals surface area contributed by atoms with Gasteiger partial charge in [-0.1, -0.05) is 38.6 Å². The van der Waals surface area contributed by atoms with E-state index in [0.29, 0.717) is 5.92 Å². The smallest absolute Gasteiger partial charge is 0.134 e. The van der Waals surface area contributed by atoms with Crippen molar-refractivity contribution in [1.29, 1.82) is 0 Å². The van der Waals surface area contributed by atoms with Crippen molar-refractivity contribution in [2.24, 2.45) is 0 Å². The molecule has 0 saturated carbocycles. The second-order valence-electron chi connectivity index (χ2n) is 3.81. The van der Waals surface area contributed by atoms with Gasteiger partial charge in [-0.05, 0) is 11.5 Å². The molecule has 0 spiro atoms. The monoisotopic (exact) mass is 174 g/mol. The molecule has 1 aromatic carbocycles. The zero-order valence-electron chi connectivity index (χ0n) is 8.13. The molecule has 0 N–H and O–H groups in total. The Hall–Kier alpha value is -1.24. The van der Waals surface area contributed by atoms with Crippen LogP contribution in [0.4, 0.5) is 0 Å². The summed E-state index contributed by atoms with van der Waals surface area (Å²) in [7, 11) is 0. The Kier molecular flexibility index (Phi) is 1.87. The summed E-state index contributed by atoms with van der Waals surface area (Å²) in [6.45, 7) is 8.21. The maximum absolute atomic E-state index is 5.60. The number of hydrogen-bond donors (Lipinski definition) is 0. The lowest BCUT2D eigenvalue weighted by Gasteiger charge is -2.10. The number of hydrogen-bond acceptors (Lipinski definition) is 1. The molecular weight excluding hydrogens is 160 g/mol. The first-order chi connectivity index (χ1) is 6.18. The van der Waals surface area contributed by atoms with Gasteiger partial charge in [-0.3, -0.25) is 0 Å². The first-order valence-electron chi connectivity index (χ1n) is 4.66. The van der Waals surface area contributed by atoms with E-state index in [1.807, 2.05) is 0 Å². The van der Waals surface area contributed by atoms with Crippen LogP contribution in [0.25, 0.3) is 0 Å². The number of para-hydroxylation sites is 1. The fourth-order valence-corrected chi connectivity index (χ4v) is 1.72. The lowest BCUT2D eigenvalue weighted by molar-refractivity contribution is 0.442. The third-order valence-corrected chi connectivity index (χ3v) is 2.38. The molecule has 1 nitrogen and oxygen atoms in total. The molecule has 1 aliphatic rings. The summed E-state index contributed by atoms with van der Waals surface area (Å²) in [5.41, 5.74) is 2.56. The minimum absolute atomic E-state index is 0.515. The lowest BCUT2D eigenvalue weighted by atomic mass is 9.99. The summed E-state index contributed by atoms with van der Waals surface area (Å²) in [4.78, 5) is 0. The van der Waals surface area contributed by atoms with Gasteiger partial charge in [0.15, 0.2) is 0 Å². The Labute approximate surface area is 79.0 Å². The predicted molar refractivity (Wildman–Crippen MR) is 54.0 cm³/mol. The summed E-state index contributed by atoms with van der Waals surface area (Å²) in [5, 5.41) is 0. The van der Waals surface area contributed by atoms with E-state index in [0.717, 1.165) is 17.9 Å². The molecular formula is C12H14O. The fourth-order valence-electron chi connectivity index (χ4n) is 1.72. The third kappa shape index (κ3) is 1.35. The molecule has 68 valence electrons. The first kappa shape index (κ1) is 8.36. The van der Waals surface area contributed by atoms with Gasteiger partial charge in [-0.15, -0.1) is 0 Å². The normalized spacial score (nSPS) is 14.5. The van der Waals surface area contributed by atoms with Gasteiger partial charge < -0.3 is 4.74 Å². The van der Waals surface area contributed by atoms with Crippen molar-refractivity contribution in [2.45, 2.75) is 26.2 Å². The van der Waals surface area contributed by atoms with Crippen LogP contribution in [0.3, 0.4) is 0 Å². The second-order valence-corrected chi connectivity index (χ2v) is 3.81. The first-order valence-corrected chi connectivity index (χ1v) is 4.66. The number of rotatable bonds is 1. The van der Waals surface area contributed by atoms with Crippen LogP contribution in [-0.2, 0) is 6.42 Å². The van der Waals surface area contributed by atoms with Crippen molar-refractivity contribution < 1.29 is 4.74 Å². The van der Waals surface area contributed by atoms with Crippen LogP contribution in [0, 0.1) is 0 Å². The van der Waals surface area contributed by atoms with E-state index in [1.54, 1.807) is 0 Å². The van der Waals surface area contributed by atoms with Crippen molar-refractivity contribution in [3.05, 3.63) is 41.7 Å². The van der Waals surface area contributed by atoms with Gasteiger partial charge in [-0.2, -0.15) is 0 Å². The van der Waals surface area contributed by atoms with Crippen LogP contribution < -0.4 is 4.74 Å². The molecule has 0 radical (unpaired) electrons. The molecule has 0 aliphatic carbocycles. The molecule has 1 aliphatic heterocycles. The molecule has 2 rings (SSSR count). The number of allylic oxidation sites excluding steroid dienone is 1. The number of fused-ring (bicyclic) bond motifs is 1. The zero-order valence-corrected chi connectivity index (χ0v) is 8.13. The largest absolute Gasteiger partial charge is 0.461 e. The van der Waals surface area contributed by atoms with E-state index in [2.05, 4.69) is 38.6 Å². The molecule has 0 amide bonds. The van der Waals surface area contributed by atoms with Crippen LogP contribution in [0.5, 0.6) is 5.75 Å². The average Bonchev–Trinajstić information content (AvgIpc) is 2.43. The molecule has 1 aromatic rings. The van der Waals surface area contributed by atoms with Gasteiger partial charge in [-0.25, -0.2) is 0 Å². The molecule has 0 unspecified atom stereocenters.